The fourth-order valence-electron chi connectivity index (χ4n) is 2.09. The Balaban J connectivity index is 1.79. The molecule has 0 unspecified atom stereocenters. The molecule has 1 rings (SSSR count). The van der Waals surface area contributed by atoms with E-state index in [0.717, 1.165) is 0 Å². The zero-order valence-corrected chi connectivity index (χ0v) is 12.4. The maximum atomic E-state index is 11.4. The van der Waals surface area contributed by atoms with Gasteiger partial charge in [0, 0.05) is 13.2 Å². The minimum Gasteiger partial charge on any atom is -0.462 e. The van der Waals surface area contributed by atoms with Crippen molar-refractivity contribution in [1.82, 2.24) is 5.32 Å². The van der Waals surface area contributed by atoms with Crippen LogP contribution in [0.15, 0.2) is 0 Å². The minimum absolute atomic E-state index is 0.211. The van der Waals surface area contributed by atoms with Crippen LogP contribution in [0.5, 0.6) is 0 Å². The summed E-state index contributed by atoms with van der Waals surface area (Å²) in [6.45, 7) is 3.19. The Labute approximate surface area is 121 Å². The number of hydrogen-bond acceptors (Lipinski definition) is 6. The fraction of sp³-hybridized carbons (Fsp3) is 0.929. The topological polar surface area (TPSA) is 66.0 Å². The van der Waals surface area contributed by atoms with Gasteiger partial charge in [0.25, 0.3) is 0 Å². The summed E-state index contributed by atoms with van der Waals surface area (Å²) in [4.78, 5) is 11.4. The number of hydrogen-bond donors (Lipinski definition) is 1. The van der Waals surface area contributed by atoms with Crippen molar-refractivity contribution in [2.24, 2.45) is 0 Å². The number of rotatable bonds is 12. The SMILES string of the molecule is COCCOCCOCCOC(=O)CNC1CCCC1. The lowest BCUT2D eigenvalue weighted by atomic mass is 10.2. The Bertz CT molecular complexity index is 244. The first-order valence-corrected chi connectivity index (χ1v) is 7.36. The highest BCUT2D eigenvalue weighted by atomic mass is 16.6. The maximum absolute atomic E-state index is 11.4. The molecule has 0 bridgehead atoms. The summed E-state index contributed by atoms with van der Waals surface area (Å²) in [5, 5.41) is 3.21. The van der Waals surface area contributed by atoms with Crippen molar-refractivity contribution >= 4 is 5.97 Å². The summed E-state index contributed by atoms with van der Waals surface area (Å²) in [7, 11) is 1.63. The molecular weight excluding hydrogens is 262 g/mol. The molecule has 0 aliphatic heterocycles. The van der Waals surface area contributed by atoms with E-state index in [0.29, 0.717) is 52.2 Å². The van der Waals surface area contributed by atoms with Gasteiger partial charge >= 0.3 is 5.97 Å². The third kappa shape index (κ3) is 9.25. The number of carbonyl (C=O) groups is 1. The zero-order chi connectivity index (χ0) is 14.5. The summed E-state index contributed by atoms with van der Waals surface area (Å²) in [6.07, 6.45) is 4.85. The van der Waals surface area contributed by atoms with Crippen LogP contribution in [-0.4, -0.2) is 65.3 Å². The molecule has 0 aromatic rings. The summed E-state index contributed by atoms with van der Waals surface area (Å²) in [5.74, 6) is -0.211. The molecule has 118 valence electrons. The molecule has 20 heavy (non-hydrogen) atoms. The van der Waals surface area contributed by atoms with Crippen molar-refractivity contribution in [3.63, 3.8) is 0 Å². The van der Waals surface area contributed by atoms with Crippen LogP contribution < -0.4 is 5.32 Å². The molecule has 0 aromatic carbocycles. The molecule has 1 aliphatic rings. The van der Waals surface area contributed by atoms with Crippen molar-refractivity contribution < 1.29 is 23.7 Å². The van der Waals surface area contributed by atoms with Crippen LogP contribution in [0.25, 0.3) is 0 Å². The van der Waals surface area contributed by atoms with Crippen molar-refractivity contribution in [3.8, 4) is 0 Å². The Morgan fingerprint density at radius 3 is 2.25 bits per heavy atom. The molecule has 0 saturated heterocycles. The molecule has 6 heteroatoms. The molecule has 0 amide bonds. The molecule has 0 aromatic heterocycles. The van der Waals surface area contributed by atoms with Gasteiger partial charge in [-0.05, 0) is 12.8 Å². The predicted molar refractivity (Wildman–Crippen MR) is 74.7 cm³/mol. The third-order valence-electron chi connectivity index (χ3n) is 3.18. The third-order valence-corrected chi connectivity index (χ3v) is 3.18. The average Bonchev–Trinajstić information content (AvgIpc) is 2.96. The number of nitrogens with one attached hydrogen (secondary N) is 1. The van der Waals surface area contributed by atoms with E-state index in [1.165, 1.54) is 25.7 Å². The molecule has 6 nitrogen and oxygen atoms in total. The lowest BCUT2D eigenvalue weighted by Gasteiger charge is -2.11. The van der Waals surface area contributed by atoms with E-state index in [1.807, 2.05) is 0 Å². The molecule has 0 heterocycles. The van der Waals surface area contributed by atoms with E-state index in [-0.39, 0.29) is 5.97 Å². The van der Waals surface area contributed by atoms with Gasteiger partial charge in [0.15, 0.2) is 0 Å². The van der Waals surface area contributed by atoms with Gasteiger partial charge in [0.2, 0.25) is 0 Å². The van der Waals surface area contributed by atoms with Crippen LogP contribution in [0.2, 0.25) is 0 Å². The molecule has 1 aliphatic carbocycles. The van der Waals surface area contributed by atoms with E-state index in [9.17, 15) is 4.79 Å². The van der Waals surface area contributed by atoms with Crippen molar-refractivity contribution in [2.45, 2.75) is 31.7 Å². The Kier molecular flexibility index (Phi) is 10.5. The molecule has 0 radical (unpaired) electrons. The van der Waals surface area contributed by atoms with Gasteiger partial charge in [-0.25, -0.2) is 0 Å². The monoisotopic (exact) mass is 289 g/mol. The summed E-state index contributed by atoms with van der Waals surface area (Å²) >= 11 is 0. The van der Waals surface area contributed by atoms with Crippen LogP contribution in [-0.2, 0) is 23.7 Å². The van der Waals surface area contributed by atoms with E-state index in [4.69, 9.17) is 18.9 Å². The van der Waals surface area contributed by atoms with E-state index >= 15 is 0 Å². The number of ether oxygens (including phenoxy) is 4. The van der Waals surface area contributed by atoms with E-state index in [2.05, 4.69) is 5.32 Å². The second-order valence-electron chi connectivity index (χ2n) is 4.80. The second kappa shape index (κ2) is 12.1. The minimum atomic E-state index is -0.211. The predicted octanol–water partition coefficient (Wildman–Crippen LogP) is 0.741. The lowest BCUT2D eigenvalue weighted by molar-refractivity contribution is -0.144. The average molecular weight is 289 g/mol. The number of methoxy groups -OCH3 is 1. The summed E-state index contributed by atoms with van der Waals surface area (Å²) in [5.41, 5.74) is 0. The molecule has 1 fully saturated rings. The zero-order valence-electron chi connectivity index (χ0n) is 12.4. The van der Waals surface area contributed by atoms with Gasteiger partial charge < -0.3 is 24.3 Å². The number of carbonyl (C=O) groups excluding carboxylic acids is 1. The van der Waals surface area contributed by atoms with Crippen molar-refractivity contribution in [3.05, 3.63) is 0 Å². The van der Waals surface area contributed by atoms with Gasteiger partial charge in [-0.3, -0.25) is 4.79 Å². The normalized spacial score (nSPS) is 15.7. The van der Waals surface area contributed by atoms with Gasteiger partial charge in [-0.1, -0.05) is 12.8 Å². The molecule has 0 spiro atoms. The number of esters is 1. The standard InChI is InChI=1S/C14H27NO5/c1-17-6-7-18-8-9-19-10-11-20-14(16)12-15-13-4-2-3-5-13/h13,15H,2-12H2,1H3. The molecule has 0 atom stereocenters. The highest BCUT2D eigenvalue weighted by Gasteiger charge is 2.15. The Morgan fingerprint density at radius 1 is 1.00 bits per heavy atom. The summed E-state index contributed by atoms with van der Waals surface area (Å²) < 4.78 is 20.4. The molecule has 1 saturated carbocycles. The lowest BCUT2D eigenvalue weighted by Crippen LogP contribution is -2.32. The second-order valence-corrected chi connectivity index (χ2v) is 4.80. The first-order valence-electron chi connectivity index (χ1n) is 7.36. The van der Waals surface area contributed by atoms with Crippen molar-refractivity contribution in [2.75, 3.05) is 53.3 Å². The van der Waals surface area contributed by atoms with Crippen LogP contribution in [0.1, 0.15) is 25.7 Å². The maximum Gasteiger partial charge on any atom is 0.320 e. The van der Waals surface area contributed by atoms with Gasteiger partial charge in [0.05, 0.1) is 39.6 Å². The largest absolute Gasteiger partial charge is 0.462 e. The van der Waals surface area contributed by atoms with Crippen LogP contribution >= 0.6 is 0 Å². The highest BCUT2D eigenvalue weighted by Crippen LogP contribution is 2.17. The van der Waals surface area contributed by atoms with Crippen LogP contribution in [0.3, 0.4) is 0 Å². The first kappa shape index (κ1) is 17.4. The van der Waals surface area contributed by atoms with Crippen LogP contribution in [0.4, 0.5) is 0 Å². The van der Waals surface area contributed by atoms with E-state index in [1.54, 1.807) is 7.11 Å². The van der Waals surface area contributed by atoms with Gasteiger partial charge in [-0.15, -0.1) is 0 Å². The highest BCUT2D eigenvalue weighted by molar-refractivity contribution is 5.71. The van der Waals surface area contributed by atoms with Crippen LogP contribution in [0, 0.1) is 0 Å². The fourth-order valence-corrected chi connectivity index (χ4v) is 2.09. The quantitative estimate of drug-likeness (QED) is 0.422. The van der Waals surface area contributed by atoms with Gasteiger partial charge in [-0.2, -0.15) is 0 Å². The van der Waals surface area contributed by atoms with Gasteiger partial charge in [0.1, 0.15) is 6.61 Å². The first-order chi connectivity index (χ1) is 9.83. The summed E-state index contributed by atoms with van der Waals surface area (Å²) in [6, 6.07) is 0.489. The molecule has 1 N–H and O–H groups in total. The Morgan fingerprint density at radius 2 is 1.60 bits per heavy atom. The smallest absolute Gasteiger partial charge is 0.320 e. The molecular formula is C14H27NO5. The Hall–Kier alpha value is -0.690. The van der Waals surface area contributed by atoms with Crippen molar-refractivity contribution in [1.29, 1.82) is 0 Å². The van der Waals surface area contributed by atoms with E-state index < -0.39 is 0 Å².